The molecule has 2 aromatic heterocycles. The minimum atomic E-state index is -0.267. The smallest absolute Gasteiger partial charge is 0.181 e. The van der Waals surface area contributed by atoms with Gasteiger partial charge in [-0.2, -0.15) is 5.10 Å². The first-order valence-electron chi connectivity index (χ1n) is 7.97. The monoisotopic (exact) mass is 331 g/mol. The first-order chi connectivity index (χ1) is 12.1. The first kappa shape index (κ1) is 15.3. The third-order valence-corrected chi connectivity index (χ3v) is 3.85. The second kappa shape index (κ2) is 5.98. The van der Waals surface area contributed by atoms with Crippen molar-refractivity contribution >= 4 is 18.2 Å². The van der Waals surface area contributed by atoms with E-state index >= 15 is 0 Å². The zero-order chi connectivity index (χ0) is 17.3. The van der Waals surface area contributed by atoms with Crippen molar-refractivity contribution in [2.24, 2.45) is 0 Å². The molecule has 0 fully saturated rings. The standard InChI is InChI=1S/C19H17N5O/c1-19(2)8-7-15-11-14(4-6-17(15)25-19)3-5-16-18(22-10-9-21-16)24-13-20-12-23-24/h3-13H,1-2H3/b5-3+. The molecular weight excluding hydrogens is 314 g/mol. The highest BCUT2D eigenvalue weighted by Gasteiger charge is 2.21. The molecule has 124 valence electrons. The summed E-state index contributed by atoms with van der Waals surface area (Å²) in [5.74, 6) is 1.53. The second-order valence-corrected chi connectivity index (χ2v) is 6.27. The van der Waals surface area contributed by atoms with Gasteiger partial charge < -0.3 is 4.74 Å². The maximum atomic E-state index is 5.95. The molecule has 6 heteroatoms. The van der Waals surface area contributed by atoms with Crippen LogP contribution in [0.25, 0.3) is 24.0 Å². The lowest BCUT2D eigenvalue weighted by Crippen LogP contribution is -2.27. The van der Waals surface area contributed by atoms with Gasteiger partial charge in [0.05, 0.1) is 0 Å². The van der Waals surface area contributed by atoms with Crippen molar-refractivity contribution in [3.8, 4) is 11.6 Å². The summed E-state index contributed by atoms with van der Waals surface area (Å²) in [4.78, 5) is 12.7. The van der Waals surface area contributed by atoms with Crippen LogP contribution in [0.1, 0.15) is 30.7 Å². The van der Waals surface area contributed by atoms with E-state index < -0.39 is 0 Å². The van der Waals surface area contributed by atoms with Crippen LogP contribution in [-0.4, -0.2) is 30.3 Å². The third kappa shape index (κ3) is 3.19. The van der Waals surface area contributed by atoms with E-state index in [9.17, 15) is 0 Å². The highest BCUT2D eigenvalue weighted by molar-refractivity contribution is 5.73. The number of fused-ring (bicyclic) bond motifs is 1. The van der Waals surface area contributed by atoms with Crippen molar-refractivity contribution in [1.82, 2.24) is 24.7 Å². The number of hydrogen-bond acceptors (Lipinski definition) is 5. The molecule has 0 saturated carbocycles. The molecule has 25 heavy (non-hydrogen) atoms. The maximum Gasteiger partial charge on any atom is 0.181 e. The SMILES string of the molecule is CC1(C)C=Cc2cc(/C=C/c3nccnc3-n3cncn3)ccc2O1. The van der Waals surface area contributed by atoms with Crippen molar-refractivity contribution in [1.29, 1.82) is 0 Å². The third-order valence-electron chi connectivity index (χ3n) is 3.85. The van der Waals surface area contributed by atoms with E-state index in [2.05, 4.69) is 38.3 Å². The van der Waals surface area contributed by atoms with Gasteiger partial charge in [-0.05, 0) is 43.7 Å². The number of nitrogens with zero attached hydrogens (tertiary/aromatic N) is 5. The predicted molar refractivity (Wildman–Crippen MR) is 96.1 cm³/mol. The minimum absolute atomic E-state index is 0.267. The largest absolute Gasteiger partial charge is 0.483 e. The number of rotatable bonds is 3. The molecule has 3 aromatic rings. The molecule has 0 bridgehead atoms. The fourth-order valence-corrected chi connectivity index (χ4v) is 2.63. The van der Waals surface area contributed by atoms with Crippen molar-refractivity contribution in [3.05, 3.63) is 66.1 Å². The van der Waals surface area contributed by atoms with Gasteiger partial charge in [-0.25, -0.2) is 14.6 Å². The van der Waals surface area contributed by atoms with Gasteiger partial charge in [0.15, 0.2) is 5.82 Å². The van der Waals surface area contributed by atoms with Gasteiger partial charge in [-0.1, -0.05) is 18.2 Å². The predicted octanol–water partition coefficient (Wildman–Crippen LogP) is 3.41. The van der Waals surface area contributed by atoms with Crippen LogP contribution >= 0.6 is 0 Å². The molecule has 0 saturated heterocycles. The molecule has 1 aliphatic rings. The van der Waals surface area contributed by atoms with Crippen LogP contribution in [0.2, 0.25) is 0 Å². The van der Waals surface area contributed by atoms with E-state index in [0.29, 0.717) is 5.82 Å². The van der Waals surface area contributed by atoms with Gasteiger partial charge in [-0.15, -0.1) is 0 Å². The van der Waals surface area contributed by atoms with E-state index in [1.807, 2.05) is 38.1 Å². The van der Waals surface area contributed by atoms with Gasteiger partial charge in [0.2, 0.25) is 0 Å². The summed E-state index contributed by atoms with van der Waals surface area (Å²) < 4.78 is 7.55. The first-order valence-corrected chi connectivity index (χ1v) is 7.97. The fraction of sp³-hybridized carbons (Fsp3) is 0.158. The molecule has 0 unspecified atom stereocenters. The molecule has 1 aliphatic heterocycles. The summed E-state index contributed by atoms with van der Waals surface area (Å²) in [5.41, 5.74) is 2.58. The minimum Gasteiger partial charge on any atom is -0.483 e. The lowest BCUT2D eigenvalue weighted by molar-refractivity contribution is 0.159. The van der Waals surface area contributed by atoms with Crippen LogP contribution in [0.3, 0.4) is 0 Å². The Kier molecular flexibility index (Phi) is 3.65. The molecule has 4 rings (SSSR count). The molecule has 0 amide bonds. The molecule has 0 radical (unpaired) electrons. The van der Waals surface area contributed by atoms with E-state index in [0.717, 1.165) is 22.6 Å². The van der Waals surface area contributed by atoms with Crippen LogP contribution in [0.15, 0.2) is 49.3 Å². The zero-order valence-corrected chi connectivity index (χ0v) is 14.0. The van der Waals surface area contributed by atoms with E-state index in [-0.39, 0.29) is 5.60 Å². The van der Waals surface area contributed by atoms with E-state index in [4.69, 9.17) is 4.74 Å². The lowest BCUT2D eigenvalue weighted by atomic mass is 10.0. The summed E-state index contributed by atoms with van der Waals surface area (Å²) >= 11 is 0. The number of ether oxygens (including phenoxy) is 1. The highest BCUT2D eigenvalue weighted by Crippen LogP contribution is 2.31. The second-order valence-electron chi connectivity index (χ2n) is 6.27. The molecule has 0 spiro atoms. The topological polar surface area (TPSA) is 65.7 Å². The molecule has 6 nitrogen and oxygen atoms in total. The molecular formula is C19H17N5O. The Morgan fingerprint density at radius 2 is 2.00 bits per heavy atom. The Labute approximate surface area is 145 Å². The summed E-state index contributed by atoms with van der Waals surface area (Å²) in [6.07, 6.45) is 14.4. The molecule has 1 aromatic carbocycles. The number of benzene rings is 1. The summed E-state index contributed by atoms with van der Waals surface area (Å²) in [5, 5.41) is 4.12. The zero-order valence-electron chi connectivity index (χ0n) is 14.0. The van der Waals surface area contributed by atoms with Crippen LogP contribution in [0, 0.1) is 0 Å². The average molecular weight is 331 g/mol. The summed E-state index contributed by atoms with van der Waals surface area (Å²) in [6, 6.07) is 6.11. The Morgan fingerprint density at radius 1 is 1.12 bits per heavy atom. The molecule has 3 heterocycles. The van der Waals surface area contributed by atoms with Gasteiger partial charge in [0.25, 0.3) is 0 Å². The quantitative estimate of drug-likeness (QED) is 0.736. The van der Waals surface area contributed by atoms with Crippen molar-refractivity contribution in [3.63, 3.8) is 0 Å². The number of hydrogen-bond donors (Lipinski definition) is 0. The maximum absolute atomic E-state index is 5.95. The number of aromatic nitrogens is 5. The van der Waals surface area contributed by atoms with Crippen molar-refractivity contribution in [2.75, 3.05) is 0 Å². The van der Waals surface area contributed by atoms with Crippen molar-refractivity contribution < 1.29 is 4.74 Å². The molecule has 0 N–H and O–H groups in total. The van der Waals surface area contributed by atoms with Crippen molar-refractivity contribution in [2.45, 2.75) is 19.4 Å². The van der Waals surface area contributed by atoms with Crippen LogP contribution in [0.4, 0.5) is 0 Å². The summed E-state index contributed by atoms with van der Waals surface area (Å²) in [7, 11) is 0. The average Bonchev–Trinajstić information content (AvgIpc) is 3.14. The van der Waals surface area contributed by atoms with Crippen LogP contribution in [-0.2, 0) is 0 Å². The Bertz CT molecular complexity index is 958. The van der Waals surface area contributed by atoms with Gasteiger partial charge in [-0.3, -0.25) is 4.98 Å². The normalized spacial score (nSPS) is 15.1. The van der Waals surface area contributed by atoms with Gasteiger partial charge in [0, 0.05) is 18.0 Å². The molecule has 0 aliphatic carbocycles. The van der Waals surface area contributed by atoms with Gasteiger partial charge >= 0.3 is 0 Å². The molecule has 0 atom stereocenters. The highest BCUT2D eigenvalue weighted by atomic mass is 16.5. The Balaban J connectivity index is 1.64. The van der Waals surface area contributed by atoms with E-state index in [1.165, 1.54) is 6.33 Å². The van der Waals surface area contributed by atoms with Crippen LogP contribution in [0.5, 0.6) is 5.75 Å². The fourth-order valence-electron chi connectivity index (χ4n) is 2.63. The summed E-state index contributed by atoms with van der Waals surface area (Å²) in [6.45, 7) is 4.08. The lowest BCUT2D eigenvalue weighted by Gasteiger charge is -2.27. The Hall–Kier alpha value is -3.28. The van der Waals surface area contributed by atoms with Crippen LogP contribution < -0.4 is 4.74 Å². The van der Waals surface area contributed by atoms with E-state index in [1.54, 1.807) is 23.4 Å². The van der Waals surface area contributed by atoms with Gasteiger partial charge in [0.1, 0.15) is 29.7 Å². The Morgan fingerprint density at radius 3 is 2.84 bits per heavy atom.